The SMILES string of the molecule is CCN1/C(=C2/SC(=Nc3ccc(Cl)cc3)N(c3ccc(O)cc3)C2=O)Sc2ccc(OC)cc21. The van der Waals surface area contributed by atoms with Gasteiger partial charge in [-0.05, 0) is 79.3 Å². The van der Waals surface area contributed by atoms with Gasteiger partial charge in [0.15, 0.2) is 5.17 Å². The van der Waals surface area contributed by atoms with E-state index in [1.54, 1.807) is 60.2 Å². The Labute approximate surface area is 210 Å². The summed E-state index contributed by atoms with van der Waals surface area (Å²) in [6.07, 6.45) is 0. The minimum atomic E-state index is -0.163. The second-order valence-electron chi connectivity index (χ2n) is 7.44. The number of methoxy groups -OCH3 is 1. The zero-order valence-electron chi connectivity index (χ0n) is 18.4. The smallest absolute Gasteiger partial charge is 0.274 e. The fourth-order valence-corrected chi connectivity index (χ4v) is 6.21. The van der Waals surface area contributed by atoms with Gasteiger partial charge in [-0.15, -0.1) is 0 Å². The number of hydrogen-bond acceptors (Lipinski definition) is 7. The number of halogens is 1. The van der Waals surface area contributed by atoms with Crippen molar-refractivity contribution in [3.63, 3.8) is 0 Å². The van der Waals surface area contributed by atoms with Crippen LogP contribution in [0.25, 0.3) is 0 Å². The van der Waals surface area contributed by atoms with Gasteiger partial charge in [0.1, 0.15) is 21.4 Å². The number of thioether (sulfide) groups is 2. The number of phenols is 1. The number of phenolic OH excluding ortho intramolecular Hbond substituents is 1. The second kappa shape index (κ2) is 9.29. The summed E-state index contributed by atoms with van der Waals surface area (Å²) in [7, 11) is 1.64. The third kappa shape index (κ3) is 4.13. The first kappa shape index (κ1) is 22.7. The fourth-order valence-electron chi connectivity index (χ4n) is 3.71. The number of benzene rings is 3. The molecule has 2 aliphatic rings. The average molecular weight is 510 g/mol. The van der Waals surface area contributed by atoms with Gasteiger partial charge < -0.3 is 14.7 Å². The van der Waals surface area contributed by atoms with Crippen LogP contribution in [0.2, 0.25) is 5.02 Å². The largest absolute Gasteiger partial charge is 0.508 e. The highest BCUT2D eigenvalue weighted by Gasteiger charge is 2.40. The molecule has 3 aromatic carbocycles. The minimum absolute atomic E-state index is 0.130. The number of amidine groups is 1. The number of nitrogens with zero attached hydrogens (tertiary/aromatic N) is 3. The summed E-state index contributed by atoms with van der Waals surface area (Å²) in [5.74, 6) is 0.736. The number of carbonyl (C=O) groups excluding carboxylic acids is 1. The van der Waals surface area contributed by atoms with Gasteiger partial charge in [-0.2, -0.15) is 0 Å². The van der Waals surface area contributed by atoms with Crippen molar-refractivity contribution in [1.29, 1.82) is 0 Å². The van der Waals surface area contributed by atoms with Crippen LogP contribution in [0.3, 0.4) is 0 Å². The molecule has 0 spiro atoms. The van der Waals surface area contributed by atoms with Crippen LogP contribution >= 0.6 is 35.1 Å². The predicted molar refractivity (Wildman–Crippen MR) is 141 cm³/mol. The van der Waals surface area contributed by atoms with E-state index in [-0.39, 0.29) is 11.7 Å². The van der Waals surface area contributed by atoms with Gasteiger partial charge in [0.25, 0.3) is 5.91 Å². The molecule has 172 valence electrons. The predicted octanol–water partition coefficient (Wildman–Crippen LogP) is 6.62. The van der Waals surface area contributed by atoms with E-state index in [4.69, 9.17) is 21.3 Å². The molecule has 2 heterocycles. The van der Waals surface area contributed by atoms with E-state index >= 15 is 0 Å². The molecule has 0 saturated carbocycles. The maximum absolute atomic E-state index is 13.8. The van der Waals surface area contributed by atoms with Gasteiger partial charge in [-0.3, -0.25) is 9.69 Å². The lowest BCUT2D eigenvalue weighted by Gasteiger charge is -2.19. The standard InChI is InChI=1S/C25H20ClN3O3S2/c1-3-28-20-14-19(32-2)12-13-21(20)33-24(28)22-23(31)29(17-8-10-18(30)11-9-17)25(34-22)27-16-6-4-15(26)5-7-16/h4-14,30H,3H2,1-2H3/b24-22-,27-25?. The fraction of sp³-hybridized carbons (Fsp3) is 0.120. The van der Waals surface area contributed by atoms with Gasteiger partial charge in [-0.1, -0.05) is 23.4 Å². The number of aromatic hydroxyl groups is 1. The lowest BCUT2D eigenvalue weighted by Crippen LogP contribution is -2.29. The molecule has 1 N–H and O–H groups in total. The Morgan fingerprint density at radius 1 is 1.03 bits per heavy atom. The van der Waals surface area contributed by atoms with Gasteiger partial charge in [0, 0.05) is 22.5 Å². The number of aliphatic imine (C=N–C) groups is 1. The number of ether oxygens (including phenoxy) is 1. The summed E-state index contributed by atoms with van der Waals surface area (Å²) >= 11 is 8.94. The van der Waals surface area contributed by atoms with E-state index in [1.807, 2.05) is 30.3 Å². The van der Waals surface area contributed by atoms with Gasteiger partial charge in [-0.25, -0.2) is 4.99 Å². The number of hydrogen-bond donors (Lipinski definition) is 1. The van der Waals surface area contributed by atoms with Crippen molar-refractivity contribution in [2.45, 2.75) is 11.8 Å². The van der Waals surface area contributed by atoms with Crippen LogP contribution in [0, 0.1) is 0 Å². The average Bonchev–Trinajstić information content (AvgIpc) is 3.37. The van der Waals surface area contributed by atoms with Gasteiger partial charge in [0.2, 0.25) is 0 Å². The van der Waals surface area contributed by atoms with Gasteiger partial charge in [0.05, 0.1) is 24.2 Å². The molecule has 0 bridgehead atoms. The van der Waals surface area contributed by atoms with Crippen LogP contribution in [0.4, 0.5) is 17.1 Å². The van der Waals surface area contributed by atoms with E-state index in [0.717, 1.165) is 21.4 Å². The van der Waals surface area contributed by atoms with E-state index in [2.05, 4.69) is 11.8 Å². The topological polar surface area (TPSA) is 65.4 Å². The molecule has 6 nitrogen and oxygen atoms in total. The van der Waals surface area contributed by atoms with Crippen LogP contribution in [0.15, 0.2) is 86.6 Å². The normalized spacial score (nSPS) is 18.7. The molecule has 1 saturated heterocycles. The molecule has 0 atom stereocenters. The first-order valence-electron chi connectivity index (χ1n) is 10.5. The first-order chi connectivity index (χ1) is 16.5. The summed E-state index contributed by atoms with van der Waals surface area (Å²) < 4.78 is 5.41. The zero-order valence-corrected chi connectivity index (χ0v) is 20.7. The van der Waals surface area contributed by atoms with Gasteiger partial charge >= 0.3 is 0 Å². The monoisotopic (exact) mass is 509 g/mol. The summed E-state index contributed by atoms with van der Waals surface area (Å²) in [6, 6.07) is 19.6. The Hall–Kier alpha value is -3.07. The van der Waals surface area contributed by atoms with Crippen molar-refractivity contribution >= 4 is 63.3 Å². The highest BCUT2D eigenvalue weighted by molar-refractivity contribution is 8.20. The van der Waals surface area contributed by atoms with Crippen molar-refractivity contribution in [3.8, 4) is 11.5 Å². The Bertz CT molecular complexity index is 1320. The molecule has 0 radical (unpaired) electrons. The Morgan fingerprint density at radius 2 is 1.76 bits per heavy atom. The Balaban J connectivity index is 1.61. The molecular formula is C25H20ClN3O3S2. The van der Waals surface area contributed by atoms with Crippen molar-refractivity contribution in [1.82, 2.24) is 0 Å². The third-order valence-corrected chi connectivity index (χ3v) is 7.95. The Morgan fingerprint density at radius 3 is 2.44 bits per heavy atom. The summed E-state index contributed by atoms with van der Waals surface area (Å²) in [5.41, 5.74) is 2.33. The van der Waals surface area contributed by atoms with Crippen LogP contribution in [0.1, 0.15) is 6.92 Å². The highest BCUT2D eigenvalue weighted by atomic mass is 35.5. The van der Waals surface area contributed by atoms with Crippen molar-refractivity contribution in [2.75, 3.05) is 23.5 Å². The van der Waals surface area contributed by atoms with Crippen LogP contribution in [-0.4, -0.2) is 29.8 Å². The molecule has 1 amide bonds. The van der Waals surface area contributed by atoms with Crippen LogP contribution < -0.4 is 14.5 Å². The molecule has 0 aromatic heterocycles. The van der Waals surface area contributed by atoms with E-state index in [0.29, 0.717) is 33.0 Å². The first-order valence-corrected chi connectivity index (χ1v) is 12.5. The van der Waals surface area contributed by atoms with E-state index in [9.17, 15) is 9.90 Å². The summed E-state index contributed by atoms with van der Waals surface area (Å²) in [5, 5.41) is 11.8. The molecule has 1 fully saturated rings. The number of anilines is 2. The molecule has 34 heavy (non-hydrogen) atoms. The quantitative estimate of drug-likeness (QED) is 0.398. The van der Waals surface area contributed by atoms with Crippen molar-refractivity contribution in [3.05, 3.63) is 81.7 Å². The Kier molecular flexibility index (Phi) is 6.20. The molecular weight excluding hydrogens is 490 g/mol. The maximum atomic E-state index is 13.8. The van der Waals surface area contributed by atoms with Crippen LogP contribution in [-0.2, 0) is 4.79 Å². The lowest BCUT2D eigenvalue weighted by molar-refractivity contribution is -0.113. The van der Waals surface area contributed by atoms with Crippen LogP contribution in [0.5, 0.6) is 11.5 Å². The molecule has 5 rings (SSSR count). The minimum Gasteiger partial charge on any atom is -0.508 e. The summed E-state index contributed by atoms with van der Waals surface area (Å²) in [6.45, 7) is 2.75. The lowest BCUT2D eigenvalue weighted by atomic mass is 10.2. The number of fused-ring (bicyclic) bond motifs is 1. The molecule has 0 unspecified atom stereocenters. The van der Waals surface area contributed by atoms with E-state index < -0.39 is 0 Å². The maximum Gasteiger partial charge on any atom is 0.274 e. The number of amides is 1. The number of rotatable bonds is 4. The second-order valence-corrected chi connectivity index (χ2v) is 9.89. The van der Waals surface area contributed by atoms with E-state index in [1.165, 1.54) is 11.8 Å². The molecule has 3 aromatic rings. The third-order valence-electron chi connectivity index (χ3n) is 5.36. The molecule has 9 heteroatoms. The molecule has 2 aliphatic heterocycles. The number of carbonyl (C=O) groups is 1. The molecule has 0 aliphatic carbocycles. The highest BCUT2D eigenvalue weighted by Crippen LogP contribution is 2.52. The van der Waals surface area contributed by atoms with Crippen molar-refractivity contribution in [2.24, 2.45) is 4.99 Å². The zero-order chi connectivity index (χ0) is 23.8. The summed E-state index contributed by atoms with van der Waals surface area (Å²) in [4.78, 5) is 23.9. The van der Waals surface area contributed by atoms with Crippen molar-refractivity contribution < 1.29 is 14.6 Å².